The van der Waals surface area contributed by atoms with Gasteiger partial charge in [0.25, 0.3) is 0 Å². The third kappa shape index (κ3) is 5.81. The highest BCUT2D eigenvalue weighted by molar-refractivity contribution is 5.93. The number of primary amides is 1. The molecule has 1 saturated heterocycles. The average Bonchev–Trinajstić information content (AvgIpc) is 3.27. The highest BCUT2D eigenvalue weighted by atomic mass is 16.6. The third-order valence-corrected chi connectivity index (χ3v) is 6.96. The number of nitrogens with zero attached hydrogens (tertiary/aromatic N) is 4. The largest absolute Gasteiger partial charge is 0.463 e. The number of carbonyl (C=O) groups is 1. The number of piperazine rings is 1. The molecule has 0 bridgehead atoms. The number of ether oxygens (including phenoxy) is 2. The Morgan fingerprint density at radius 2 is 1.95 bits per heavy atom. The van der Waals surface area contributed by atoms with Crippen molar-refractivity contribution < 1.29 is 14.3 Å². The lowest BCUT2D eigenvalue weighted by atomic mass is 10.0. The van der Waals surface area contributed by atoms with Crippen LogP contribution in [0, 0.1) is 11.3 Å². The van der Waals surface area contributed by atoms with Crippen LogP contribution in [0.3, 0.4) is 0 Å². The molecule has 0 spiro atoms. The Labute approximate surface area is 216 Å². The van der Waals surface area contributed by atoms with Gasteiger partial charge in [0.2, 0.25) is 5.88 Å². The number of benzene rings is 1. The SMILES string of the molecule is N#Cc1ccc2cc(NC(N)=O)n(CCCCN3CCN(C4=COC=C(C5=CC=CCC5)O4)CC3)c2c1. The summed E-state index contributed by atoms with van der Waals surface area (Å²) >= 11 is 0. The number of nitrogens with two attached hydrogens (primary N) is 1. The number of fused-ring (bicyclic) bond motifs is 1. The monoisotopic (exact) mass is 500 g/mol. The van der Waals surface area contributed by atoms with Crippen LogP contribution in [-0.2, 0) is 16.0 Å². The molecule has 0 radical (unpaired) electrons. The van der Waals surface area contributed by atoms with Gasteiger partial charge in [0.1, 0.15) is 12.1 Å². The molecule has 9 nitrogen and oxygen atoms in total. The van der Waals surface area contributed by atoms with Crippen LogP contribution >= 0.6 is 0 Å². The number of hydrogen-bond acceptors (Lipinski definition) is 6. The third-order valence-electron chi connectivity index (χ3n) is 6.96. The number of nitriles is 1. The van der Waals surface area contributed by atoms with E-state index >= 15 is 0 Å². The molecule has 3 heterocycles. The number of hydrogen-bond donors (Lipinski definition) is 2. The molecule has 2 amide bonds. The molecule has 2 aliphatic heterocycles. The zero-order chi connectivity index (χ0) is 25.6. The van der Waals surface area contributed by atoms with E-state index in [1.54, 1.807) is 18.6 Å². The van der Waals surface area contributed by atoms with Crippen LogP contribution in [0.5, 0.6) is 0 Å². The maximum Gasteiger partial charge on any atom is 0.317 e. The summed E-state index contributed by atoms with van der Waals surface area (Å²) in [6.07, 6.45) is 13.6. The minimum absolute atomic E-state index is 0.590. The highest BCUT2D eigenvalue weighted by Gasteiger charge is 2.24. The van der Waals surface area contributed by atoms with Crippen molar-refractivity contribution >= 4 is 22.8 Å². The van der Waals surface area contributed by atoms with E-state index < -0.39 is 6.03 Å². The molecule has 3 aliphatic rings. The second kappa shape index (κ2) is 11.3. The van der Waals surface area contributed by atoms with Gasteiger partial charge in [-0.2, -0.15) is 5.26 Å². The van der Waals surface area contributed by atoms with E-state index in [0.29, 0.717) is 11.4 Å². The predicted molar refractivity (Wildman–Crippen MR) is 142 cm³/mol. The number of anilines is 1. The Kier molecular flexibility index (Phi) is 7.47. The number of rotatable bonds is 8. The summed E-state index contributed by atoms with van der Waals surface area (Å²) in [5, 5.41) is 13.0. The summed E-state index contributed by atoms with van der Waals surface area (Å²) in [5.74, 6) is 2.23. The van der Waals surface area contributed by atoms with Crippen LogP contribution in [-0.4, -0.2) is 53.1 Å². The molecule has 2 aromatic rings. The van der Waals surface area contributed by atoms with Crippen molar-refractivity contribution in [1.29, 1.82) is 5.26 Å². The van der Waals surface area contributed by atoms with Crippen molar-refractivity contribution in [2.75, 3.05) is 38.0 Å². The van der Waals surface area contributed by atoms with Gasteiger partial charge in [-0.15, -0.1) is 0 Å². The molecule has 192 valence electrons. The van der Waals surface area contributed by atoms with Crippen molar-refractivity contribution in [2.45, 2.75) is 32.2 Å². The van der Waals surface area contributed by atoms with Gasteiger partial charge in [0.15, 0.2) is 12.0 Å². The quantitative estimate of drug-likeness (QED) is 0.521. The summed E-state index contributed by atoms with van der Waals surface area (Å²) in [7, 11) is 0. The highest BCUT2D eigenvalue weighted by Crippen LogP contribution is 2.28. The molecule has 9 heteroatoms. The fourth-order valence-electron chi connectivity index (χ4n) is 4.99. The van der Waals surface area contributed by atoms with E-state index in [4.69, 9.17) is 15.2 Å². The molecule has 0 atom stereocenters. The number of nitrogens with one attached hydrogen (secondary N) is 1. The fourth-order valence-corrected chi connectivity index (χ4v) is 4.99. The Balaban J connectivity index is 1.11. The predicted octanol–water partition coefficient (Wildman–Crippen LogP) is 4.36. The van der Waals surface area contributed by atoms with Crippen LogP contribution in [0.2, 0.25) is 0 Å². The number of unbranched alkanes of at least 4 members (excludes halogenated alkanes) is 1. The topological polar surface area (TPSA) is 109 Å². The van der Waals surface area contributed by atoms with Crippen LogP contribution in [0.1, 0.15) is 31.2 Å². The molecule has 0 saturated carbocycles. The van der Waals surface area contributed by atoms with E-state index in [9.17, 15) is 10.1 Å². The van der Waals surface area contributed by atoms with Gasteiger partial charge in [-0.25, -0.2) is 4.79 Å². The number of allylic oxidation sites excluding steroid dienone is 4. The molecular formula is C28H32N6O3. The molecular weight excluding hydrogens is 468 g/mol. The lowest BCUT2D eigenvalue weighted by Gasteiger charge is -2.37. The molecule has 1 aliphatic carbocycles. The smallest absolute Gasteiger partial charge is 0.317 e. The van der Waals surface area contributed by atoms with Gasteiger partial charge in [-0.05, 0) is 56.0 Å². The summed E-state index contributed by atoms with van der Waals surface area (Å²) in [4.78, 5) is 16.2. The van der Waals surface area contributed by atoms with E-state index in [0.717, 1.165) is 87.5 Å². The number of carbonyl (C=O) groups excluding carboxylic acids is 1. The number of urea groups is 1. The number of amides is 2. The zero-order valence-electron chi connectivity index (χ0n) is 20.9. The first-order chi connectivity index (χ1) is 18.1. The summed E-state index contributed by atoms with van der Waals surface area (Å²) < 4.78 is 13.8. The van der Waals surface area contributed by atoms with E-state index in [-0.39, 0.29) is 0 Å². The molecule has 3 N–H and O–H groups in total. The normalized spacial score (nSPS) is 17.8. The number of aryl methyl sites for hydroxylation is 1. The van der Waals surface area contributed by atoms with E-state index in [1.807, 2.05) is 22.8 Å². The van der Waals surface area contributed by atoms with Crippen molar-refractivity contribution in [3.63, 3.8) is 0 Å². The molecule has 0 unspecified atom stereocenters. The lowest BCUT2D eigenvalue weighted by Crippen LogP contribution is -2.46. The van der Waals surface area contributed by atoms with Gasteiger partial charge >= 0.3 is 6.03 Å². The maximum atomic E-state index is 11.5. The fraction of sp³-hybridized carbons (Fsp3) is 0.357. The minimum Gasteiger partial charge on any atom is -0.463 e. The van der Waals surface area contributed by atoms with Gasteiger partial charge in [-0.3, -0.25) is 10.2 Å². The Morgan fingerprint density at radius 3 is 2.70 bits per heavy atom. The van der Waals surface area contributed by atoms with Gasteiger partial charge in [-0.1, -0.05) is 24.3 Å². The summed E-state index contributed by atoms with van der Waals surface area (Å²) in [5.41, 5.74) is 8.06. The first-order valence-electron chi connectivity index (χ1n) is 12.8. The van der Waals surface area contributed by atoms with Crippen LogP contribution in [0.25, 0.3) is 10.9 Å². The molecule has 1 aromatic heterocycles. The molecule has 37 heavy (non-hydrogen) atoms. The Morgan fingerprint density at radius 1 is 1.11 bits per heavy atom. The van der Waals surface area contributed by atoms with Crippen molar-refractivity contribution in [3.8, 4) is 6.07 Å². The van der Waals surface area contributed by atoms with Gasteiger partial charge in [0.05, 0.1) is 17.1 Å². The van der Waals surface area contributed by atoms with Gasteiger partial charge < -0.3 is 24.7 Å². The first kappa shape index (κ1) is 24.5. The Bertz CT molecular complexity index is 1320. The van der Waals surface area contributed by atoms with Crippen molar-refractivity contribution in [3.05, 3.63) is 77.8 Å². The minimum atomic E-state index is -0.597. The second-order valence-electron chi connectivity index (χ2n) is 9.43. The van der Waals surface area contributed by atoms with Crippen molar-refractivity contribution in [2.24, 2.45) is 5.73 Å². The standard InChI is InChI=1S/C28H32N6O3/c29-18-21-8-9-23-17-26(31-28(30)35)34(24(23)16-21)11-5-4-10-32-12-14-33(15-13-32)27-20-36-19-25(37-27)22-6-2-1-3-7-22/h1-2,6,8-9,16-17,19-20H,3-5,7,10-15H2,(H3,30,31,35). The van der Waals surface area contributed by atoms with Crippen LogP contribution in [0.15, 0.2) is 72.2 Å². The van der Waals surface area contributed by atoms with E-state index in [2.05, 4.69) is 39.4 Å². The molecule has 1 aromatic carbocycles. The Hall–Kier alpha value is -4.16. The first-order valence-corrected chi connectivity index (χ1v) is 12.8. The van der Waals surface area contributed by atoms with Crippen LogP contribution < -0.4 is 11.1 Å². The average molecular weight is 501 g/mol. The summed E-state index contributed by atoms with van der Waals surface area (Å²) in [6.45, 7) is 5.40. The zero-order valence-corrected chi connectivity index (χ0v) is 20.9. The van der Waals surface area contributed by atoms with Crippen molar-refractivity contribution in [1.82, 2.24) is 14.4 Å². The maximum absolute atomic E-state index is 11.5. The second-order valence-corrected chi connectivity index (χ2v) is 9.43. The molecule has 5 rings (SSSR count). The van der Waals surface area contributed by atoms with Crippen LogP contribution in [0.4, 0.5) is 10.6 Å². The van der Waals surface area contributed by atoms with E-state index in [1.165, 1.54) is 5.57 Å². The molecule has 1 fully saturated rings. The summed E-state index contributed by atoms with van der Waals surface area (Å²) in [6, 6.07) is 9.02. The lowest BCUT2D eigenvalue weighted by molar-refractivity contribution is 0.0785. The van der Waals surface area contributed by atoms with Gasteiger partial charge in [0, 0.05) is 38.1 Å². The number of aromatic nitrogens is 1.